The maximum absolute atomic E-state index is 15.2. The molecule has 0 unspecified atom stereocenters. The standard InChI is InChI=1S/C72H97N19O21S2/c1-33(92)57(90-62(104)43(19-22-51(73)95)84-69(111)58(71(3,4)113)81-34(2)93)68(110)88-48(27-37-31-79-42-14-10-8-12-40(37)42)65(107)82-44(20-23-52(74)96)63(105)91-59(72(5,6)114)70(112)89-46(25-35-15-17-38(94)18-16-35)64(106)85-47(26-36-30-78-41-13-9-7-11-39(36)41)66(108)87-50(29-54(76)98)67(109)83-45(21-24-56(100)101)61(103)86-49(28-53(75)97)60(102)80-32-55(77)99/h7-18,30-31,33,43-50,57-59,78-79,92,94,113-114H,19-29,32H2,1-6H3,(H2,73,95)(H2,74,96)(H2,75,97)(H2,76,98)(H2,77,99)(H,80,102)(H,81,93)(H,82,107)(H,83,109)(H,84,111)(H,85,106)(H,86,103)(H,87,108)(H,88,110)(H,89,112)(H,90,104)(H,91,105)(H,100,101)/t33-,43+,44+,45+,46+,47+,48+,49+,50-,57+,58-,59-/m1/s1. The van der Waals surface area contributed by atoms with E-state index in [9.17, 15) is 87.2 Å². The van der Waals surface area contributed by atoms with E-state index in [1.165, 1.54) is 64.4 Å². The number of para-hydroxylation sites is 2. The van der Waals surface area contributed by atoms with Crippen LogP contribution in [0.5, 0.6) is 5.75 Å². The summed E-state index contributed by atoms with van der Waals surface area (Å²) in [6, 6.07) is -1.15. The molecule has 2 aromatic heterocycles. The number of hydrogen-bond donors (Lipinski definition) is 24. The Labute approximate surface area is 662 Å². The highest BCUT2D eigenvalue weighted by Crippen LogP contribution is 2.25. The molecule has 27 N–H and O–H groups in total. The van der Waals surface area contributed by atoms with E-state index in [2.05, 4.69) is 99.0 Å². The van der Waals surface area contributed by atoms with Gasteiger partial charge in [-0.3, -0.25) is 86.3 Å². The number of nitrogens with two attached hydrogens (primary N) is 5. The van der Waals surface area contributed by atoms with E-state index in [1.807, 2.05) is 0 Å². The summed E-state index contributed by atoms with van der Waals surface area (Å²) in [6.07, 6.45) is -5.68. The van der Waals surface area contributed by atoms with Crippen molar-refractivity contribution >= 4 is 153 Å². The van der Waals surface area contributed by atoms with E-state index in [0.29, 0.717) is 32.9 Å². The largest absolute Gasteiger partial charge is 0.508 e. The number of benzene rings is 3. The summed E-state index contributed by atoms with van der Waals surface area (Å²) in [5.74, 6) is -20.6. The van der Waals surface area contributed by atoms with Gasteiger partial charge < -0.3 is 118 Å². The molecule has 17 amide bonds. The first-order chi connectivity index (χ1) is 53.3. The van der Waals surface area contributed by atoms with Gasteiger partial charge in [0, 0.05) is 89.1 Å². The number of aliphatic carboxylic acids is 1. The van der Waals surface area contributed by atoms with Crippen molar-refractivity contribution in [2.24, 2.45) is 28.7 Å². The molecule has 2 heterocycles. The third-order valence-corrected chi connectivity index (χ3v) is 18.0. The number of aromatic hydroxyl groups is 1. The SMILES string of the molecule is CC(=O)N[C@H](C(=O)N[C@@H](CCC(N)=O)C(=O)N[C@H](C(=O)N[C@@H](Cc1c[nH]c2ccccc12)C(=O)N[C@@H](CCC(N)=O)C(=O)N[C@H](C(=O)N[C@@H](Cc1ccc(O)cc1)C(=O)N[C@@H](Cc1c[nH]c2ccccc12)C(=O)N[C@H](CC(N)=O)C(=O)N[C@@H](CCC(=O)O)C(=O)N[C@@H](CC(N)=O)C(=O)NCC(N)=O)C(C)(C)S)[C@@H](C)O)C(C)(C)S. The van der Waals surface area contributed by atoms with Crippen molar-refractivity contribution in [2.75, 3.05) is 6.54 Å². The molecular formula is C72H97N19O21S2. The van der Waals surface area contributed by atoms with Gasteiger partial charge in [-0.15, -0.1) is 0 Å². The van der Waals surface area contributed by atoms with Gasteiger partial charge in [0.25, 0.3) is 0 Å². The number of primary amides is 5. The number of H-pyrrole nitrogens is 2. The maximum Gasteiger partial charge on any atom is 0.303 e. The summed E-state index contributed by atoms with van der Waals surface area (Å²) >= 11 is 9.07. The van der Waals surface area contributed by atoms with Crippen molar-refractivity contribution in [3.05, 3.63) is 102 Å². The zero-order valence-corrected chi connectivity index (χ0v) is 64.8. The molecular weight excluding hydrogens is 1530 g/mol. The molecule has 0 fully saturated rings. The molecule has 0 aliphatic heterocycles. The fraction of sp³-hybridized carbons (Fsp3) is 0.444. The number of thiol groups is 2. The normalized spacial score (nSPS) is 14.5. The number of carboxylic acid groups (broad SMARTS) is 1. The summed E-state index contributed by atoms with van der Waals surface area (Å²) in [4.78, 5) is 250. The zero-order valence-electron chi connectivity index (χ0n) is 63.0. The number of aliphatic hydroxyl groups is 1. The second-order valence-corrected chi connectivity index (χ2v) is 30.4. The van der Waals surface area contributed by atoms with Crippen molar-refractivity contribution in [3.8, 4) is 5.75 Å². The van der Waals surface area contributed by atoms with Crippen molar-refractivity contribution < 1.29 is 102 Å². The van der Waals surface area contributed by atoms with Crippen LogP contribution in [0, 0.1) is 0 Å². The van der Waals surface area contributed by atoms with Crippen molar-refractivity contribution in [1.29, 1.82) is 0 Å². The van der Waals surface area contributed by atoms with Crippen LogP contribution in [0.25, 0.3) is 21.8 Å². The average molecular weight is 1630 g/mol. The number of hydrogen-bond acceptors (Lipinski definition) is 22. The predicted octanol–water partition coefficient (Wildman–Crippen LogP) is -5.72. The number of fused-ring (bicyclic) bond motifs is 2. The molecule has 12 atom stereocenters. The third kappa shape index (κ3) is 29.4. The van der Waals surface area contributed by atoms with Crippen LogP contribution in [-0.2, 0) is 106 Å². The predicted molar refractivity (Wildman–Crippen MR) is 414 cm³/mol. The molecule has 0 bridgehead atoms. The van der Waals surface area contributed by atoms with Crippen LogP contribution in [0.4, 0.5) is 0 Å². The van der Waals surface area contributed by atoms with E-state index in [1.54, 1.807) is 48.5 Å². The summed E-state index contributed by atoms with van der Waals surface area (Å²) in [6.45, 7) is 7.19. The van der Waals surface area contributed by atoms with Gasteiger partial charge in [0.05, 0.1) is 25.5 Å². The Morgan fingerprint density at radius 2 is 0.763 bits per heavy atom. The van der Waals surface area contributed by atoms with E-state index in [-0.39, 0.29) is 11.3 Å². The number of phenols is 1. The molecule has 618 valence electrons. The van der Waals surface area contributed by atoms with Crippen LogP contribution in [0.1, 0.15) is 110 Å². The van der Waals surface area contributed by atoms with Crippen LogP contribution in [0.2, 0.25) is 0 Å². The number of carbonyl (C=O) groups excluding carboxylic acids is 17. The van der Waals surface area contributed by atoms with E-state index in [4.69, 9.17) is 28.7 Å². The summed E-state index contributed by atoms with van der Waals surface area (Å²) in [5.41, 5.74) is 29.1. The minimum Gasteiger partial charge on any atom is -0.508 e. The number of aromatic amines is 2. The Balaban J connectivity index is 1.51. The smallest absolute Gasteiger partial charge is 0.303 e. The van der Waals surface area contributed by atoms with Gasteiger partial charge in [-0.2, -0.15) is 25.3 Å². The van der Waals surface area contributed by atoms with Crippen molar-refractivity contribution in [1.82, 2.24) is 73.8 Å². The minimum absolute atomic E-state index is 0.224. The Bertz CT molecular complexity index is 4400. The lowest BCUT2D eigenvalue weighted by atomic mass is 9.98. The molecule has 114 heavy (non-hydrogen) atoms. The highest BCUT2D eigenvalue weighted by atomic mass is 32.1. The Morgan fingerprint density at radius 3 is 1.18 bits per heavy atom. The Kier molecular flexibility index (Phi) is 34.3. The van der Waals surface area contributed by atoms with E-state index < -0.39 is 266 Å². The van der Waals surface area contributed by atoms with Gasteiger partial charge in [0.1, 0.15) is 72.2 Å². The van der Waals surface area contributed by atoms with E-state index in [0.717, 1.165) is 13.8 Å². The first kappa shape index (κ1) is 92.3. The molecule has 0 saturated heterocycles. The number of amides is 17. The second-order valence-electron chi connectivity index (χ2n) is 28.1. The van der Waals surface area contributed by atoms with Crippen LogP contribution in [0.15, 0.2) is 85.2 Å². The van der Waals surface area contributed by atoms with Crippen molar-refractivity contribution in [2.45, 2.75) is 194 Å². The molecule has 5 rings (SSSR count). The Hall–Kier alpha value is -12.3. The highest BCUT2D eigenvalue weighted by Gasteiger charge is 2.42. The monoisotopic (exact) mass is 1630 g/mol. The van der Waals surface area contributed by atoms with Crippen LogP contribution < -0.4 is 92.5 Å². The van der Waals surface area contributed by atoms with Gasteiger partial charge in [-0.25, -0.2) is 0 Å². The third-order valence-electron chi connectivity index (χ3n) is 17.5. The quantitative estimate of drug-likeness (QED) is 0.0161. The lowest BCUT2D eigenvalue weighted by Gasteiger charge is -2.33. The fourth-order valence-corrected chi connectivity index (χ4v) is 12.0. The molecule has 0 saturated carbocycles. The molecule has 5 aromatic rings. The van der Waals surface area contributed by atoms with Crippen LogP contribution in [0.3, 0.4) is 0 Å². The molecule has 3 aromatic carbocycles. The van der Waals surface area contributed by atoms with E-state index >= 15 is 14.4 Å². The lowest BCUT2D eigenvalue weighted by molar-refractivity contribution is -0.139. The molecule has 0 radical (unpaired) electrons. The molecule has 0 spiro atoms. The van der Waals surface area contributed by atoms with Crippen molar-refractivity contribution in [3.63, 3.8) is 0 Å². The molecule has 0 aliphatic rings. The average Bonchev–Trinajstić information content (AvgIpc) is 1.35. The number of phenolic OH excluding ortho intramolecular Hbond substituents is 1. The number of rotatable bonds is 46. The van der Waals surface area contributed by atoms with Gasteiger partial charge in [-0.05, 0) is 94.8 Å². The highest BCUT2D eigenvalue weighted by molar-refractivity contribution is 7.82. The molecule has 42 heteroatoms. The first-order valence-electron chi connectivity index (χ1n) is 35.5. The van der Waals surface area contributed by atoms with Crippen LogP contribution >= 0.6 is 25.3 Å². The van der Waals surface area contributed by atoms with Gasteiger partial charge >= 0.3 is 5.97 Å². The number of aliphatic hydroxyl groups excluding tert-OH is 1. The minimum atomic E-state index is -2.05. The number of aromatic nitrogens is 2. The number of carbonyl (C=O) groups is 18. The fourth-order valence-electron chi connectivity index (χ4n) is 11.7. The maximum atomic E-state index is 15.2. The topological polar surface area (TPSA) is 674 Å². The molecule has 40 nitrogen and oxygen atoms in total. The summed E-state index contributed by atoms with van der Waals surface area (Å²) in [5, 5.41) is 60.8. The number of nitrogens with one attached hydrogen (secondary N) is 14. The summed E-state index contributed by atoms with van der Waals surface area (Å²) in [7, 11) is 0. The van der Waals surface area contributed by atoms with Gasteiger partial charge in [0.2, 0.25) is 100 Å². The Morgan fingerprint density at radius 1 is 0.412 bits per heavy atom. The number of carboxylic acids is 1. The second kappa shape index (κ2) is 42.3. The van der Waals surface area contributed by atoms with Crippen LogP contribution in [-0.4, -0.2) is 220 Å². The molecule has 0 aliphatic carbocycles. The first-order valence-corrected chi connectivity index (χ1v) is 36.4. The van der Waals surface area contributed by atoms with Gasteiger partial charge in [-0.1, -0.05) is 48.5 Å². The summed E-state index contributed by atoms with van der Waals surface area (Å²) < 4.78 is -2.89. The van der Waals surface area contributed by atoms with Gasteiger partial charge in [0.15, 0.2) is 0 Å². The zero-order chi connectivity index (χ0) is 85.2. The lowest BCUT2D eigenvalue weighted by Crippen LogP contribution is -2.64.